The molecule has 1 heterocycles. The first kappa shape index (κ1) is 14.5. The second-order valence-corrected chi connectivity index (χ2v) is 5.21. The molecular weight excluding hydrogens is 234 g/mol. The molecule has 0 fully saturated rings. The highest BCUT2D eigenvalue weighted by molar-refractivity contribution is 5.68. The van der Waals surface area contributed by atoms with E-state index in [9.17, 15) is 4.79 Å². The molecular formula is C12H21N3O3. The molecule has 1 aromatic rings. The van der Waals surface area contributed by atoms with Gasteiger partial charge in [0.1, 0.15) is 11.4 Å². The van der Waals surface area contributed by atoms with E-state index in [1.165, 1.54) is 0 Å². The number of aromatic nitrogens is 1. The average molecular weight is 255 g/mol. The standard InChI is InChI=1S/C12H21N3O3/c1-8-5-9(15-18-8)6-10(7-13)14-11(16)17-12(2,3)4/h5,10H,6-7,13H2,1-4H3,(H,14,16). The Kier molecular flexibility index (Phi) is 4.72. The van der Waals surface area contributed by atoms with Gasteiger partial charge in [-0.1, -0.05) is 5.16 Å². The fraction of sp³-hybridized carbons (Fsp3) is 0.667. The van der Waals surface area contributed by atoms with E-state index in [1.807, 2.05) is 33.8 Å². The Bertz CT molecular complexity index is 396. The van der Waals surface area contributed by atoms with Crippen LogP contribution in [-0.4, -0.2) is 29.4 Å². The molecule has 0 saturated carbocycles. The highest BCUT2D eigenvalue weighted by Gasteiger charge is 2.19. The summed E-state index contributed by atoms with van der Waals surface area (Å²) in [7, 11) is 0. The highest BCUT2D eigenvalue weighted by atomic mass is 16.6. The van der Waals surface area contributed by atoms with Crippen molar-refractivity contribution >= 4 is 6.09 Å². The molecule has 102 valence electrons. The van der Waals surface area contributed by atoms with Gasteiger partial charge in [-0.2, -0.15) is 0 Å². The van der Waals surface area contributed by atoms with Gasteiger partial charge in [0.15, 0.2) is 0 Å². The van der Waals surface area contributed by atoms with Gasteiger partial charge in [0.05, 0.1) is 11.7 Å². The second-order valence-electron chi connectivity index (χ2n) is 5.21. The first-order chi connectivity index (χ1) is 8.30. The number of hydrogen-bond acceptors (Lipinski definition) is 5. The van der Waals surface area contributed by atoms with Crippen molar-refractivity contribution in [3.8, 4) is 0 Å². The van der Waals surface area contributed by atoms with Crippen LogP contribution in [-0.2, 0) is 11.2 Å². The lowest BCUT2D eigenvalue weighted by atomic mass is 10.1. The number of ether oxygens (including phenoxy) is 1. The number of alkyl carbamates (subject to hydrolysis) is 1. The molecule has 0 aliphatic rings. The number of carbonyl (C=O) groups excluding carboxylic acids is 1. The SMILES string of the molecule is Cc1cc(CC(CN)NC(=O)OC(C)(C)C)no1. The van der Waals surface area contributed by atoms with Crippen LogP contribution < -0.4 is 11.1 Å². The molecule has 0 bridgehead atoms. The molecule has 0 aliphatic carbocycles. The number of aryl methyl sites for hydroxylation is 1. The summed E-state index contributed by atoms with van der Waals surface area (Å²) in [5.41, 5.74) is 5.85. The minimum Gasteiger partial charge on any atom is -0.444 e. The summed E-state index contributed by atoms with van der Waals surface area (Å²) < 4.78 is 10.1. The van der Waals surface area contributed by atoms with Crippen LogP contribution in [0.4, 0.5) is 4.79 Å². The van der Waals surface area contributed by atoms with Crippen LogP contribution in [0.25, 0.3) is 0 Å². The van der Waals surface area contributed by atoms with Crippen molar-refractivity contribution in [3.63, 3.8) is 0 Å². The van der Waals surface area contributed by atoms with E-state index in [1.54, 1.807) is 0 Å². The van der Waals surface area contributed by atoms with Gasteiger partial charge in [0.25, 0.3) is 0 Å². The van der Waals surface area contributed by atoms with Crippen molar-refractivity contribution in [2.75, 3.05) is 6.54 Å². The van der Waals surface area contributed by atoms with Crippen LogP contribution in [0.2, 0.25) is 0 Å². The smallest absolute Gasteiger partial charge is 0.407 e. The van der Waals surface area contributed by atoms with Crippen molar-refractivity contribution in [2.24, 2.45) is 5.73 Å². The fourth-order valence-corrected chi connectivity index (χ4v) is 1.43. The number of nitrogens with zero attached hydrogens (tertiary/aromatic N) is 1. The number of hydrogen-bond donors (Lipinski definition) is 2. The Balaban J connectivity index is 2.49. The van der Waals surface area contributed by atoms with Gasteiger partial charge >= 0.3 is 6.09 Å². The van der Waals surface area contributed by atoms with E-state index in [-0.39, 0.29) is 6.04 Å². The van der Waals surface area contributed by atoms with Crippen molar-refractivity contribution in [2.45, 2.75) is 45.8 Å². The van der Waals surface area contributed by atoms with Crippen molar-refractivity contribution in [3.05, 3.63) is 17.5 Å². The summed E-state index contributed by atoms with van der Waals surface area (Å²) in [5.74, 6) is 0.734. The summed E-state index contributed by atoms with van der Waals surface area (Å²) >= 11 is 0. The third-order valence-electron chi connectivity index (χ3n) is 2.14. The number of carbonyl (C=O) groups is 1. The predicted molar refractivity (Wildman–Crippen MR) is 67.2 cm³/mol. The molecule has 6 nitrogen and oxygen atoms in total. The molecule has 3 N–H and O–H groups in total. The molecule has 1 unspecified atom stereocenters. The number of nitrogens with two attached hydrogens (primary N) is 1. The minimum absolute atomic E-state index is 0.218. The van der Waals surface area contributed by atoms with Crippen LogP contribution in [0.5, 0.6) is 0 Å². The summed E-state index contributed by atoms with van der Waals surface area (Å²) in [6.45, 7) is 7.56. The lowest BCUT2D eigenvalue weighted by Crippen LogP contribution is -2.44. The minimum atomic E-state index is -0.520. The Hall–Kier alpha value is -1.56. The van der Waals surface area contributed by atoms with Gasteiger partial charge in [0, 0.05) is 19.0 Å². The summed E-state index contributed by atoms with van der Waals surface area (Å²) in [5, 5.41) is 6.58. The number of amides is 1. The molecule has 1 atom stereocenters. The van der Waals surface area contributed by atoms with Crippen LogP contribution in [0, 0.1) is 6.92 Å². The number of rotatable bonds is 4. The third-order valence-corrected chi connectivity index (χ3v) is 2.14. The molecule has 1 rings (SSSR count). The largest absolute Gasteiger partial charge is 0.444 e. The predicted octanol–water partition coefficient (Wildman–Crippen LogP) is 1.38. The van der Waals surface area contributed by atoms with E-state index in [2.05, 4.69) is 10.5 Å². The zero-order chi connectivity index (χ0) is 13.8. The Morgan fingerprint density at radius 1 is 1.61 bits per heavy atom. The zero-order valence-electron chi connectivity index (χ0n) is 11.3. The van der Waals surface area contributed by atoms with Crippen molar-refractivity contribution in [1.82, 2.24) is 10.5 Å². The molecule has 0 spiro atoms. The van der Waals surface area contributed by atoms with E-state index in [0.29, 0.717) is 13.0 Å². The molecule has 0 radical (unpaired) electrons. The Morgan fingerprint density at radius 2 is 2.28 bits per heavy atom. The quantitative estimate of drug-likeness (QED) is 0.848. The van der Waals surface area contributed by atoms with Gasteiger partial charge < -0.3 is 20.3 Å². The lowest BCUT2D eigenvalue weighted by Gasteiger charge is -2.22. The fourth-order valence-electron chi connectivity index (χ4n) is 1.43. The third kappa shape index (κ3) is 5.18. The summed E-state index contributed by atoms with van der Waals surface area (Å²) in [6.07, 6.45) is 0.0470. The van der Waals surface area contributed by atoms with Crippen molar-refractivity contribution in [1.29, 1.82) is 0 Å². The first-order valence-electron chi connectivity index (χ1n) is 5.92. The topological polar surface area (TPSA) is 90.4 Å². The van der Waals surface area contributed by atoms with E-state index < -0.39 is 11.7 Å². The molecule has 18 heavy (non-hydrogen) atoms. The van der Waals surface area contributed by atoms with Gasteiger partial charge in [-0.15, -0.1) is 0 Å². The van der Waals surface area contributed by atoms with Crippen LogP contribution >= 0.6 is 0 Å². The van der Waals surface area contributed by atoms with Crippen LogP contribution in [0.15, 0.2) is 10.6 Å². The first-order valence-corrected chi connectivity index (χ1v) is 5.92. The summed E-state index contributed by atoms with van der Waals surface area (Å²) in [6, 6.07) is 1.60. The maximum absolute atomic E-state index is 11.6. The number of nitrogens with one attached hydrogen (secondary N) is 1. The Morgan fingerprint density at radius 3 is 2.72 bits per heavy atom. The second kappa shape index (κ2) is 5.86. The van der Waals surface area contributed by atoms with Crippen LogP contribution in [0.1, 0.15) is 32.2 Å². The monoisotopic (exact) mass is 255 g/mol. The zero-order valence-corrected chi connectivity index (χ0v) is 11.3. The molecule has 6 heteroatoms. The van der Waals surface area contributed by atoms with Gasteiger partial charge in [-0.05, 0) is 27.7 Å². The lowest BCUT2D eigenvalue weighted by molar-refractivity contribution is 0.0505. The van der Waals surface area contributed by atoms with Gasteiger partial charge in [-0.3, -0.25) is 0 Å². The van der Waals surface area contributed by atoms with E-state index in [4.69, 9.17) is 15.0 Å². The maximum atomic E-state index is 11.6. The van der Waals surface area contributed by atoms with Crippen molar-refractivity contribution < 1.29 is 14.1 Å². The van der Waals surface area contributed by atoms with Crippen LogP contribution in [0.3, 0.4) is 0 Å². The molecule has 0 aliphatic heterocycles. The average Bonchev–Trinajstić information content (AvgIpc) is 2.60. The molecule has 1 amide bonds. The highest BCUT2D eigenvalue weighted by Crippen LogP contribution is 2.08. The summed E-state index contributed by atoms with van der Waals surface area (Å²) in [4.78, 5) is 11.6. The van der Waals surface area contributed by atoms with E-state index >= 15 is 0 Å². The molecule has 1 aromatic heterocycles. The maximum Gasteiger partial charge on any atom is 0.407 e. The van der Waals surface area contributed by atoms with E-state index in [0.717, 1.165) is 11.5 Å². The molecule has 0 saturated heterocycles. The Labute approximate surface area is 107 Å². The molecule has 0 aromatic carbocycles. The van der Waals surface area contributed by atoms with Gasteiger partial charge in [0.2, 0.25) is 0 Å². The normalized spacial score (nSPS) is 13.2. The van der Waals surface area contributed by atoms with Gasteiger partial charge in [-0.25, -0.2) is 4.79 Å².